The van der Waals surface area contributed by atoms with Crippen molar-refractivity contribution in [2.75, 3.05) is 28.4 Å². The van der Waals surface area contributed by atoms with Gasteiger partial charge in [-0.3, -0.25) is 0 Å². The van der Waals surface area contributed by atoms with Gasteiger partial charge in [-0.1, -0.05) is 12.2 Å². The first-order valence-electron chi connectivity index (χ1n) is 7.53. The molecule has 0 unspecified atom stereocenters. The lowest BCUT2D eigenvalue weighted by molar-refractivity contribution is 0.355. The molecule has 25 heavy (non-hydrogen) atoms. The second-order valence-corrected chi connectivity index (χ2v) is 5.69. The van der Waals surface area contributed by atoms with Crippen molar-refractivity contribution in [1.29, 1.82) is 0 Å². The van der Waals surface area contributed by atoms with Crippen molar-refractivity contribution < 1.29 is 23.4 Å². The maximum absolute atomic E-state index is 6.06. The van der Waals surface area contributed by atoms with Gasteiger partial charge in [-0.05, 0) is 18.2 Å². The van der Waals surface area contributed by atoms with Gasteiger partial charge in [0, 0.05) is 23.8 Å². The van der Waals surface area contributed by atoms with Crippen LogP contribution in [0.5, 0.6) is 23.0 Å². The maximum atomic E-state index is 6.06. The molecule has 0 saturated carbocycles. The number of hydrogen-bond acceptors (Lipinski definition) is 6. The Morgan fingerprint density at radius 3 is 2.12 bits per heavy atom. The summed E-state index contributed by atoms with van der Waals surface area (Å²) in [5.41, 5.74) is 1.42. The van der Waals surface area contributed by atoms with Crippen LogP contribution in [0.2, 0.25) is 0 Å². The van der Waals surface area contributed by atoms with Crippen LogP contribution in [0.1, 0.15) is 0 Å². The van der Waals surface area contributed by atoms with E-state index in [4.69, 9.17) is 35.6 Å². The van der Waals surface area contributed by atoms with Gasteiger partial charge in [-0.25, -0.2) is 0 Å². The first-order valence-corrected chi connectivity index (χ1v) is 7.94. The lowest BCUT2D eigenvalue weighted by atomic mass is 10.1. The topological polar surface area (TPSA) is 50.1 Å². The zero-order chi connectivity index (χ0) is 18.0. The quantitative estimate of drug-likeness (QED) is 0.607. The Labute approximate surface area is 150 Å². The van der Waals surface area contributed by atoms with Crippen molar-refractivity contribution in [1.82, 2.24) is 0 Å². The van der Waals surface area contributed by atoms with E-state index in [-0.39, 0.29) is 0 Å². The van der Waals surface area contributed by atoms with Gasteiger partial charge in [0.05, 0.1) is 38.3 Å². The van der Waals surface area contributed by atoms with Crippen LogP contribution >= 0.6 is 12.2 Å². The normalized spacial score (nSPS) is 10.6. The summed E-state index contributed by atoms with van der Waals surface area (Å²) in [7, 11) is 6.36. The Kier molecular flexibility index (Phi) is 4.81. The van der Waals surface area contributed by atoms with E-state index >= 15 is 0 Å². The molecule has 0 radical (unpaired) electrons. The van der Waals surface area contributed by atoms with Crippen LogP contribution in [0, 0.1) is 4.51 Å². The molecule has 1 heterocycles. The molecule has 0 aliphatic carbocycles. The van der Waals surface area contributed by atoms with Gasteiger partial charge in [-0.2, -0.15) is 0 Å². The molecule has 0 bridgehead atoms. The molecule has 1 aromatic heterocycles. The first kappa shape index (κ1) is 17.1. The molecule has 130 valence electrons. The molecule has 0 saturated heterocycles. The van der Waals surface area contributed by atoms with E-state index in [2.05, 4.69) is 0 Å². The summed E-state index contributed by atoms with van der Waals surface area (Å²) in [5, 5.41) is 0.738. The fourth-order valence-electron chi connectivity index (χ4n) is 2.64. The van der Waals surface area contributed by atoms with E-state index in [1.165, 1.54) is 0 Å². The fourth-order valence-corrected chi connectivity index (χ4v) is 2.95. The van der Waals surface area contributed by atoms with E-state index < -0.39 is 0 Å². The van der Waals surface area contributed by atoms with E-state index in [0.717, 1.165) is 10.9 Å². The van der Waals surface area contributed by atoms with Crippen LogP contribution in [-0.4, -0.2) is 28.4 Å². The highest BCUT2D eigenvalue weighted by Gasteiger charge is 2.13. The first-order chi connectivity index (χ1) is 12.1. The second kappa shape index (κ2) is 7.03. The second-order valence-electron chi connectivity index (χ2n) is 5.25. The summed E-state index contributed by atoms with van der Waals surface area (Å²) in [6.45, 7) is 0. The molecule has 0 N–H and O–H groups in total. The molecular formula is C19H18O5S. The fraction of sp³-hybridized carbons (Fsp3) is 0.211. The molecule has 5 nitrogen and oxygen atoms in total. The Balaban J connectivity index is 2.23. The summed E-state index contributed by atoms with van der Waals surface area (Å²) in [4.78, 5) is 0. The van der Waals surface area contributed by atoms with Crippen LogP contribution < -0.4 is 18.9 Å². The molecule has 3 aromatic rings. The molecule has 0 atom stereocenters. The number of benzene rings is 2. The number of rotatable bonds is 5. The van der Waals surface area contributed by atoms with Crippen molar-refractivity contribution in [3.63, 3.8) is 0 Å². The van der Waals surface area contributed by atoms with Gasteiger partial charge >= 0.3 is 0 Å². The number of ether oxygens (including phenoxy) is 4. The summed E-state index contributed by atoms with van der Waals surface area (Å²) in [6.07, 6.45) is 0. The van der Waals surface area contributed by atoms with Gasteiger partial charge in [0.15, 0.2) is 11.5 Å². The third-order valence-electron chi connectivity index (χ3n) is 3.89. The summed E-state index contributed by atoms with van der Waals surface area (Å²) < 4.78 is 28.0. The number of fused-ring (bicyclic) bond motifs is 1. The van der Waals surface area contributed by atoms with Crippen molar-refractivity contribution in [3.05, 3.63) is 40.9 Å². The predicted molar refractivity (Wildman–Crippen MR) is 98.7 cm³/mol. The summed E-state index contributed by atoms with van der Waals surface area (Å²) in [5.74, 6) is 3.13. The zero-order valence-electron chi connectivity index (χ0n) is 14.4. The van der Waals surface area contributed by atoms with Gasteiger partial charge in [0.25, 0.3) is 0 Å². The van der Waals surface area contributed by atoms with Gasteiger partial charge in [-0.15, -0.1) is 0 Å². The lowest BCUT2D eigenvalue weighted by Gasteiger charge is -2.12. The average molecular weight is 358 g/mol. The van der Waals surface area contributed by atoms with E-state index in [1.54, 1.807) is 46.6 Å². The van der Waals surface area contributed by atoms with Crippen LogP contribution in [-0.2, 0) is 0 Å². The largest absolute Gasteiger partial charge is 0.496 e. The Morgan fingerprint density at radius 2 is 1.48 bits per heavy atom. The highest BCUT2D eigenvalue weighted by atomic mass is 32.1. The van der Waals surface area contributed by atoms with Crippen molar-refractivity contribution >= 4 is 23.2 Å². The number of methoxy groups -OCH3 is 4. The highest BCUT2D eigenvalue weighted by Crippen LogP contribution is 2.37. The molecule has 0 aliphatic heterocycles. The third-order valence-corrected chi connectivity index (χ3v) is 4.21. The van der Waals surface area contributed by atoms with Crippen molar-refractivity contribution in [2.24, 2.45) is 0 Å². The van der Waals surface area contributed by atoms with Crippen LogP contribution in [0.15, 0.2) is 40.8 Å². The Bertz CT molecular complexity index is 977. The van der Waals surface area contributed by atoms with Crippen LogP contribution in [0.3, 0.4) is 0 Å². The Hall–Kier alpha value is -2.73. The van der Waals surface area contributed by atoms with Crippen LogP contribution in [0.4, 0.5) is 0 Å². The van der Waals surface area contributed by atoms with Gasteiger partial charge in [0.1, 0.15) is 22.8 Å². The van der Waals surface area contributed by atoms with Gasteiger partial charge in [0.2, 0.25) is 0 Å². The minimum absolute atomic E-state index is 0.591. The average Bonchev–Trinajstić information content (AvgIpc) is 2.65. The lowest BCUT2D eigenvalue weighted by Crippen LogP contribution is -1.92. The van der Waals surface area contributed by atoms with E-state index in [1.807, 2.05) is 18.2 Å². The van der Waals surface area contributed by atoms with Gasteiger partial charge < -0.3 is 23.4 Å². The van der Waals surface area contributed by atoms with Crippen molar-refractivity contribution in [2.45, 2.75) is 0 Å². The molecule has 3 rings (SSSR count). The Morgan fingerprint density at radius 1 is 0.760 bits per heavy atom. The molecule has 0 spiro atoms. The van der Waals surface area contributed by atoms with E-state index in [9.17, 15) is 0 Å². The molecule has 6 heteroatoms. The summed E-state index contributed by atoms with van der Waals surface area (Å²) >= 11 is 5.55. The minimum atomic E-state index is 0.591. The van der Waals surface area contributed by atoms with Crippen molar-refractivity contribution in [3.8, 4) is 34.3 Å². The SMILES string of the molecule is COc1cc(OC)c2c(=S)cc(-c3ccc(OC)c(OC)c3)oc2c1. The molecular weight excluding hydrogens is 340 g/mol. The molecule has 0 aliphatic rings. The minimum Gasteiger partial charge on any atom is -0.496 e. The highest BCUT2D eigenvalue weighted by molar-refractivity contribution is 7.71. The zero-order valence-corrected chi connectivity index (χ0v) is 15.2. The molecule has 0 amide bonds. The number of hydrogen-bond donors (Lipinski definition) is 0. The maximum Gasteiger partial charge on any atom is 0.161 e. The van der Waals surface area contributed by atoms with Crippen LogP contribution in [0.25, 0.3) is 22.3 Å². The third kappa shape index (κ3) is 3.13. The smallest absolute Gasteiger partial charge is 0.161 e. The standard InChI is InChI=1S/C19H18O5S/c1-20-12-8-16(23-4)19-17(9-12)24-14(10-18(19)25)11-5-6-13(21-2)15(7-11)22-3/h5-10H,1-4H3. The van der Waals surface area contributed by atoms with E-state index in [0.29, 0.717) is 38.9 Å². The summed E-state index contributed by atoms with van der Waals surface area (Å²) in [6, 6.07) is 10.9. The molecule has 2 aromatic carbocycles. The molecule has 0 fully saturated rings. The predicted octanol–water partition coefficient (Wildman–Crippen LogP) is 4.86. The monoisotopic (exact) mass is 358 g/mol.